The predicted molar refractivity (Wildman–Crippen MR) is 100 cm³/mol. The monoisotopic (exact) mass is 349 g/mol. The minimum Gasteiger partial charge on any atom is -0.399 e. The van der Waals surface area contributed by atoms with Crippen molar-refractivity contribution in [2.75, 3.05) is 5.73 Å². The summed E-state index contributed by atoms with van der Waals surface area (Å²) in [6, 6.07) is 17.8. The number of pyridine rings is 2. The Labute approximate surface area is 149 Å². The lowest BCUT2D eigenvalue weighted by Crippen LogP contribution is -2.12. The molecule has 0 aliphatic heterocycles. The first-order valence-electron chi connectivity index (χ1n) is 7.46. The van der Waals surface area contributed by atoms with Gasteiger partial charge in [-0.15, -0.1) is 0 Å². The van der Waals surface area contributed by atoms with Crippen molar-refractivity contribution in [3.8, 4) is 0 Å². The number of nitrogens with one attached hydrogen (secondary N) is 1. The fourth-order valence-corrected chi connectivity index (χ4v) is 2.51. The molecule has 0 bridgehead atoms. The van der Waals surface area contributed by atoms with Crippen molar-refractivity contribution in [1.82, 2.24) is 14.8 Å². The average Bonchev–Trinajstić information content (AvgIpc) is 2.67. The number of aromatic nitrogens is 2. The van der Waals surface area contributed by atoms with Gasteiger partial charge in [-0.1, -0.05) is 12.1 Å². The molecule has 0 aliphatic rings. The fourth-order valence-electron chi connectivity index (χ4n) is 2.04. The summed E-state index contributed by atoms with van der Waals surface area (Å²) in [6.07, 6.45) is 3.36. The van der Waals surface area contributed by atoms with Gasteiger partial charge in [0, 0.05) is 35.6 Å². The summed E-state index contributed by atoms with van der Waals surface area (Å²) in [5.74, 6) is 0. The molecule has 0 unspecified atom stereocenters. The van der Waals surface area contributed by atoms with E-state index in [2.05, 4.69) is 19.9 Å². The van der Waals surface area contributed by atoms with E-state index in [1.807, 2.05) is 36.4 Å². The third-order valence-electron chi connectivity index (χ3n) is 3.26. The second-order valence-electron chi connectivity index (χ2n) is 4.99. The number of anilines is 1. The van der Waals surface area contributed by atoms with Crippen LogP contribution in [0.3, 0.4) is 0 Å². The topological polar surface area (TPSA) is 93.3 Å². The maximum absolute atomic E-state index is 12.2. The summed E-state index contributed by atoms with van der Waals surface area (Å²) in [5, 5.41) is 4.14. The van der Waals surface area contributed by atoms with Crippen LogP contribution in [0.4, 0.5) is 5.69 Å². The largest absolute Gasteiger partial charge is 0.399 e. The molecule has 0 radical (unpaired) electrons. The van der Waals surface area contributed by atoms with Crippen molar-refractivity contribution in [2.24, 2.45) is 5.10 Å². The number of rotatable bonds is 5. The van der Waals surface area contributed by atoms with Gasteiger partial charge in [-0.3, -0.25) is 14.8 Å². The molecule has 6 nitrogen and oxygen atoms in total. The van der Waals surface area contributed by atoms with Gasteiger partial charge < -0.3 is 5.73 Å². The van der Waals surface area contributed by atoms with E-state index < -0.39 is 0 Å². The lowest BCUT2D eigenvalue weighted by Gasteiger charge is -2.06. The number of hydrogen-bond acceptors (Lipinski definition) is 7. The first-order chi connectivity index (χ1) is 12.2. The Kier molecular flexibility index (Phi) is 5.38. The molecular formula is C18H15N5OS. The zero-order chi connectivity index (χ0) is 17.5. The molecule has 25 heavy (non-hydrogen) atoms. The van der Waals surface area contributed by atoms with Gasteiger partial charge in [0.15, 0.2) is 0 Å². The molecule has 3 N–H and O–H groups in total. The van der Waals surface area contributed by atoms with Crippen LogP contribution in [0.1, 0.15) is 21.7 Å². The van der Waals surface area contributed by atoms with E-state index in [1.165, 1.54) is 0 Å². The van der Waals surface area contributed by atoms with Crippen LogP contribution < -0.4 is 10.6 Å². The minimum absolute atomic E-state index is 0.162. The van der Waals surface area contributed by atoms with E-state index in [9.17, 15) is 4.79 Å². The zero-order valence-electron chi connectivity index (χ0n) is 13.2. The van der Waals surface area contributed by atoms with Crippen molar-refractivity contribution in [1.29, 1.82) is 0 Å². The van der Waals surface area contributed by atoms with Crippen LogP contribution in [0.5, 0.6) is 0 Å². The van der Waals surface area contributed by atoms with E-state index >= 15 is 0 Å². The first-order valence-corrected chi connectivity index (χ1v) is 8.28. The molecule has 7 heteroatoms. The number of benzene rings is 1. The molecule has 2 heterocycles. The quantitative estimate of drug-likeness (QED) is 0.318. The van der Waals surface area contributed by atoms with Crippen LogP contribution in [-0.2, 0) is 0 Å². The number of nitrogen functional groups attached to an aromatic ring is 1. The first kappa shape index (κ1) is 16.7. The molecule has 0 aliphatic carbocycles. The van der Waals surface area contributed by atoms with Gasteiger partial charge in [-0.05, 0) is 48.5 Å². The molecule has 3 rings (SSSR count). The third kappa shape index (κ3) is 4.42. The SMILES string of the molecule is Nc1ccc(C(=O)SNN=C(c2ccccn2)c2ccccn2)cc1. The number of hydrogen-bond donors (Lipinski definition) is 2. The molecule has 3 aromatic rings. The van der Waals surface area contributed by atoms with Crippen LogP contribution in [0.2, 0.25) is 0 Å². The average molecular weight is 349 g/mol. The molecule has 2 aromatic heterocycles. The number of carbonyl (C=O) groups is 1. The second kappa shape index (κ2) is 8.07. The third-order valence-corrected chi connectivity index (χ3v) is 3.86. The van der Waals surface area contributed by atoms with Crippen LogP contribution in [-0.4, -0.2) is 20.8 Å². The molecule has 124 valence electrons. The highest BCUT2D eigenvalue weighted by Gasteiger charge is 2.11. The van der Waals surface area contributed by atoms with Crippen molar-refractivity contribution in [3.05, 3.63) is 90.0 Å². The Morgan fingerprint density at radius 2 is 1.52 bits per heavy atom. The summed E-state index contributed by atoms with van der Waals surface area (Å²) in [4.78, 5) is 23.5. The van der Waals surface area contributed by atoms with E-state index in [4.69, 9.17) is 5.73 Å². The smallest absolute Gasteiger partial charge is 0.240 e. The normalized spacial score (nSPS) is 10.1. The summed E-state index contributed by atoms with van der Waals surface area (Å²) in [5.41, 5.74) is 8.66. The van der Waals surface area contributed by atoms with Gasteiger partial charge >= 0.3 is 0 Å². The Bertz CT molecular complexity index is 825. The Morgan fingerprint density at radius 1 is 0.920 bits per heavy atom. The summed E-state index contributed by atoms with van der Waals surface area (Å²) >= 11 is 0.880. The molecular weight excluding hydrogens is 334 g/mol. The summed E-state index contributed by atoms with van der Waals surface area (Å²) < 4.78 is 0. The highest BCUT2D eigenvalue weighted by molar-refractivity contribution is 8.12. The lowest BCUT2D eigenvalue weighted by atomic mass is 10.1. The van der Waals surface area contributed by atoms with Gasteiger partial charge in [0.2, 0.25) is 5.12 Å². The predicted octanol–water partition coefficient (Wildman–Crippen LogP) is 2.89. The number of hydrazone groups is 1. The van der Waals surface area contributed by atoms with E-state index in [1.54, 1.807) is 36.7 Å². The molecule has 1 aromatic carbocycles. The highest BCUT2D eigenvalue weighted by atomic mass is 32.2. The summed E-state index contributed by atoms with van der Waals surface area (Å²) in [6.45, 7) is 0. The van der Waals surface area contributed by atoms with Gasteiger partial charge in [-0.2, -0.15) is 5.10 Å². The number of nitrogens with zero attached hydrogens (tertiary/aromatic N) is 3. The molecule has 0 saturated carbocycles. The number of nitrogens with two attached hydrogens (primary N) is 1. The van der Waals surface area contributed by atoms with Crippen LogP contribution in [0, 0.1) is 0 Å². The molecule has 0 spiro atoms. The maximum Gasteiger partial charge on any atom is 0.240 e. The van der Waals surface area contributed by atoms with Gasteiger partial charge in [0.1, 0.15) is 5.71 Å². The van der Waals surface area contributed by atoms with Gasteiger partial charge in [-0.25, -0.2) is 4.83 Å². The fraction of sp³-hybridized carbons (Fsp3) is 0. The molecule has 0 saturated heterocycles. The minimum atomic E-state index is -0.162. The standard InChI is InChI=1S/C18H15N5OS/c19-14-9-7-13(8-10-14)18(24)25-23-22-17(15-5-1-3-11-20-15)16-6-2-4-12-21-16/h1-12,23H,19H2. The number of carbonyl (C=O) groups excluding carboxylic acids is 1. The Morgan fingerprint density at radius 3 is 2.04 bits per heavy atom. The van der Waals surface area contributed by atoms with Crippen LogP contribution in [0.15, 0.2) is 78.2 Å². The Hall–Kier alpha value is -3.19. The second-order valence-corrected chi connectivity index (χ2v) is 5.75. The molecule has 0 amide bonds. The maximum atomic E-state index is 12.2. The lowest BCUT2D eigenvalue weighted by molar-refractivity contribution is 0.108. The van der Waals surface area contributed by atoms with E-state index in [0.717, 1.165) is 11.9 Å². The van der Waals surface area contributed by atoms with Gasteiger partial charge in [0.25, 0.3) is 0 Å². The highest BCUT2D eigenvalue weighted by Crippen LogP contribution is 2.13. The zero-order valence-corrected chi connectivity index (χ0v) is 14.0. The Balaban J connectivity index is 1.77. The summed E-state index contributed by atoms with van der Waals surface area (Å²) in [7, 11) is 0. The van der Waals surface area contributed by atoms with E-state index in [-0.39, 0.29) is 5.12 Å². The van der Waals surface area contributed by atoms with Crippen LogP contribution in [0.25, 0.3) is 0 Å². The molecule has 0 atom stereocenters. The van der Waals surface area contributed by atoms with Gasteiger partial charge in [0.05, 0.1) is 11.4 Å². The van der Waals surface area contributed by atoms with Crippen molar-refractivity contribution in [2.45, 2.75) is 0 Å². The van der Waals surface area contributed by atoms with Crippen molar-refractivity contribution < 1.29 is 4.79 Å². The molecule has 0 fully saturated rings. The van der Waals surface area contributed by atoms with Crippen LogP contribution >= 0.6 is 11.9 Å². The van der Waals surface area contributed by atoms with E-state index in [0.29, 0.717) is 28.4 Å². The van der Waals surface area contributed by atoms with Crippen molar-refractivity contribution >= 4 is 28.5 Å². The van der Waals surface area contributed by atoms with Crippen molar-refractivity contribution in [3.63, 3.8) is 0 Å².